The predicted octanol–water partition coefficient (Wildman–Crippen LogP) is 2.12. The van der Waals surface area contributed by atoms with Gasteiger partial charge >= 0.3 is 0 Å². The Morgan fingerprint density at radius 1 is 1.32 bits per heavy atom. The van der Waals surface area contributed by atoms with Crippen molar-refractivity contribution < 1.29 is 4.79 Å². The Morgan fingerprint density at radius 2 is 2.20 bits per heavy atom. The Hall–Kier alpha value is -2.40. The maximum absolute atomic E-state index is 12.5. The average molecular weight is 336 g/mol. The van der Waals surface area contributed by atoms with E-state index in [0.29, 0.717) is 18.2 Å². The molecule has 5 nitrogen and oxygen atoms in total. The number of carbonyl (C=O) groups is 1. The molecule has 130 valence electrons. The topological polar surface area (TPSA) is 57.3 Å². The monoisotopic (exact) mass is 336 g/mol. The molecule has 0 unspecified atom stereocenters. The number of hydrogen-bond acceptors (Lipinski definition) is 4. The van der Waals surface area contributed by atoms with Crippen LogP contribution in [-0.4, -0.2) is 36.6 Å². The fourth-order valence-electron chi connectivity index (χ4n) is 3.96. The maximum atomic E-state index is 12.5. The Kier molecular flexibility index (Phi) is 4.40. The molecule has 1 aromatic carbocycles. The molecule has 1 amide bonds. The van der Waals surface area contributed by atoms with Gasteiger partial charge in [0.05, 0.1) is 17.4 Å². The summed E-state index contributed by atoms with van der Waals surface area (Å²) in [5.74, 6) is 0.649. The number of aryl methyl sites for hydroxylation is 1. The molecule has 4 rings (SSSR count). The third-order valence-corrected chi connectivity index (χ3v) is 5.46. The Bertz CT molecular complexity index is 776. The molecule has 2 saturated heterocycles. The summed E-state index contributed by atoms with van der Waals surface area (Å²) in [6.07, 6.45) is 4.73. The van der Waals surface area contributed by atoms with Crippen molar-refractivity contribution in [1.82, 2.24) is 15.6 Å². The van der Waals surface area contributed by atoms with E-state index in [1.54, 1.807) is 6.20 Å². The molecule has 0 bridgehead atoms. The largest absolute Gasteiger partial charge is 0.366 e. The first-order valence-electron chi connectivity index (χ1n) is 8.97. The number of rotatable bonds is 4. The van der Waals surface area contributed by atoms with Crippen LogP contribution >= 0.6 is 0 Å². The van der Waals surface area contributed by atoms with Crippen LogP contribution in [0.3, 0.4) is 0 Å². The van der Waals surface area contributed by atoms with E-state index in [4.69, 9.17) is 0 Å². The van der Waals surface area contributed by atoms with Crippen molar-refractivity contribution in [2.45, 2.75) is 25.9 Å². The van der Waals surface area contributed by atoms with Gasteiger partial charge in [0.25, 0.3) is 5.91 Å². The molecule has 2 N–H and O–H groups in total. The van der Waals surface area contributed by atoms with E-state index < -0.39 is 0 Å². The smallest absolute Gasteiger partial charge is 0.253 e. The number of hydrogen-bond donors (Lipinski definition) is 2. The number of benzene rings is 1. The Morgan fingerprint density at radius 3 is 3.08 bits per heavy atom. The minimum absolute atomic E-state index is 0.0714. The fourth-order valence-corrected chi connectivity index (χ4v) is 3.96. The van der Waals surface area contributed by atoms with Crippen LogP contribution in [0, 0.1) is 12.8 Å². The van der Waals surface area contributed by atoms with Gasteiger partial charge < -0.3 is 15.5 Å². The highest BCUT2D eigenvalue weighted by Gasteiger charge is 2.37. The summed E-state index contributed by atoms with van der Waals surface area (Å²) in [4.78, 5) is 19.3. The Labute approximate surface area is 148 Å². The van der Waals surface area contributed by atoms with Gasteiger partial charge in [-0.05, 0) is 36.5 Å². The molecule has 2 fully saturated rings. The summed E-state index contributed by atoms with van der Waals surface area (Å²) in [5, 5.41) is 6.47. The van der Waals surface area contributed by atoms with Crippen LogP contribution < -0.4 is 15.5 Å². The van der Waals surface area contributed by atoms with Gasteiger partial charge in [0.15, 0.2) is 0 Å². The normalized spacial score (nSPS) is 22.0. The standard InChI is InChI=1S/C20H24N4O/c1-14-4-2-3-5-15(14)11-23-20(25)17-8-18(12-21-10-17)24-7-6-16-9-22-13-19(16)24/h2-5,8,10,12,16,19,22H,6-7,9,11,13H2,1H3,(H,23,25)/t16-,19+/m0/s1. The molecule has 1 aromatic heterocycles. The number of amides is 1. The van der Waals surface area contributed by atoms with Gasteiger partial charge in [0.2, 0.25) is 0 Å². The summed E-state index contributed by atoms with van der Waals surface area (Å²) in [5.41, 5.74) is 4.01. The zero-order valence-corrected chi connectivity index (χ0v) is 14.5. The van der Waals surface area contributed by atoms with E-state index in [9.17, 15) is 4.79 Å². The van der Waals surface area contributed by atoms with Crippen LogP contribution in [0.5, 0.6) is 0 Å². The van der Waals surface area contributed by atoms with Gasteiger partial charge in [-0.15, -0.1) is 0 Å². The van der Waals surface area contributed by atoms with Crippen LogP contribution in [0.2, 0.25) is 0 Å². The van der Waals surface area contributed by atoms with Gasteiger partial charge in [-0.3, -0.25) is 9.78 Å². The molecular formula is C20H24N4O. The van der Waals surface area contributed by atoms with Crippen molar-refractivity contribution in [3.63, 3.8) is 0 Å². The molecular weight excluding hydrogens is 312 g/mol. The minimum Gasteiger partial charge on any atom is -0.366 e. The number of aromatic nitrogens is 1. The zero-order valence-electron chi connectivity index (χ0n) is 14.5. The SMILES string of the molecule is Cc1ccccc1CNC(=O)c1cncc(N2CC[C@H]3CNC[C@H]32)c1. The second kappa shape index (κ2) is 6.84. The van der Waals surface area contributed by atoms with Crippen molar-refractivity contribution in [1.29, 1.82) is 0 Å². The predicted molar refractivity (Wildman–Crippen MR) is 98.7 cm³/mol. The van der Waals surface area contributed by atoms with Gasteiger partial charge in [0.1, 0.15) is 0 Å². The molecule has 0 spiro atoms. The van der Waals surface area contributed by atoms with Crippen molar-refractivity contribution in [2.75, 3.05) is 24.5 Å². The molecule has 2 aliphatic rings. The number of fused-ring (bicyclic) bond motifs is 1. The van der Waals surface area contributed by atoms with Crippen LogP contribution in [0.4, 0.5) is 5.69 Å². The first-order valence-corrected chi connectivity index (χ1v) is 8.97. The van der Waals surface area contributed by atoms with E-state index in [-0.39, 0.29) is 5.91 Å². The number of nitrogens with zero attached hydrogens (tertiary/aromatic N) is 2. The minimum atomic E-state index is -0.0714. The van der Waals surface area contributed by atoms with Gasteiger partial charge in [0, 0.05) is 38.4 Å². The fraction of sp³-hybridized carbons (Fsp3) is 0.400. The zero-order chi connectivity index (χ0) is 17.2. The van der Waals surface area contributed by atoms with Crippen LogP contribution in [0.15, 0.2) is 42.7 Å². The van der Waals surface area contributed by atoms with E-state index in [1.165, 1.54) is 12.0 Å². The lowest BCUT2D eigenvalue weighted by Crippen LogP contribution is -2.34. The molecule has 3 heterocycles. The molecule has 0 radical (unpaired) electrons. The van der Waals surface area contributed by atoms with Crippen molar-refractivity contribution in [3.8, 4) is 0 Å². The second-order valence-electron chi connectivity index (χ2n) is 7.01. The number of pyridine rings is 1. The number of carbonyl (C=O) groups excluding carboxylic acids is 1. The molecule has 2 aromatic rings. The Balaban J connectivity index is 1.46. The second-order valence-corrected chi connectivity index (χ2v) is 7.01. The number of nitrogens with one attached hydrogen (secondary N) is 2. The quantitative estimate of drug-likeness (QED) is 0.898. The van der Waals surface area contributed by atoms with Crippen molar-refractivity contribution >= 4 is 11.6 Å². The van der Waals surface area contributed by atoms with Gasteiger partial charge in [-0.2, -0.15) is 0 Å². The first-order chi connectivity index (χ1) is 12.2. The van der Waals surface area contributed by atoms with Gasteiger partial charge in [-0.25, -0.2) is 0 Å². The van der Waals surface area contributed by atoms with E-state index in [2.05, 4.69) is 33.5 Å². The highest BCUT2D eigenvalue weighted by atomic mass is 16.1. The molecule has 0 saturated carbocycles. The maximum Gasteiger partial charge on any atom is 0.253 e. The summed E-state index contributed by atoms with van der Waals surface area (Å²) in [6, 6.07) is 10.6. The average Bonchev–Trinajstić information content (AvgIpc) is 3.24. The third kappa shape index (κ3) is 3.24. The summed E-state index contributed by atoms with van der Waals surface area (Å²) in [7, 11) is 0. The molecule has 2 aliphatic heterocycles. The van der Waals surface area contributed by atoms with Crippen molar-refractivity contribution in [3.05, 3.63) is 59.4 Å². The molecule has 25 heavy (non-hydrogen) atoms. The van der Waals surface area contributed by atoms with Crippen LogP contribution in [-0.2, 0) is 6.54 Å². The molecule has 0 aliphatic carbocycles. The summed E-state index contributed by atoms with van der Waals surface area (Å²) < 4.78 is 0. The van der Waals surface area contributed by atoms with E-state index >= 15 is 0 Å². The number of anilines is 1. The van der Waals surface area contributed by atoms with Crippen molar-refractivity contribution in [2.24, 2.45) is 5.92 Å². The van der Waals surface area contributed by atoms with E-state index in [1.807, 2.05) is 30.5 Å². The third-order valence-electron chi connectivity index (χ3n) is 5.46. The highest BCUT2D eigenvalue weighted by Crippen LogP contribution is 2.31. The molecule has 5 heteroatoms. The first kappa shape index (κ1) is 16.1. The van der Waals surface area contributed by atoms with E-state index in [0.717, 1.165) is 36.8 Å². The lowest BCUT2D eigenvalue weighted by Gasteiger charge is -2.25. The lowest BCUT2D eigenvalue weighted by atomic mass is 10.1. The van der Waals surface area contributed by atoms with Crippen LogP contribution in [0.1, 0.15) is 27.9 Å². The van der Waals surface area contributed by atoms with Crippen LogP contribution in [0.25, 0.3) is 0 Å². The highest BCUT2D eigenvalue weighted by molar-refractivity contribution is 5.94. The lowest BCUT2D eigenvalue weighted by molar-refractivity contribution is 0.0950. The summed E-state index contributed by atoms with van der Waals surface area (Å²) >= 11 is 0. The summed E-state index contributed by atoms with van der Waals surface area (Å²) in [6.45, 7) is 5.77. The van der Waals surface area contributed by atoms with Gasteiger partial charge in [-0.1, -0.05) is 24.3 Å². The molecule has 2 atom stereocenters.